The number of nitrogen functional groups attached to an aromatic ring is 1. The van der Waals surface area contributed by atoms with E-state index in [1.54, 1.807) is 18.3 Å². The minimum absolute atomic E-state index is 0.462. The molecule has 0 aliphatic rings. The second-order valence-electron chi connectivity index (χ2n) is 4.18. The maximum absolute atomic E-state index is 8.77. The highest BCUT2D eigenvalue weighted by atomic mass is 15.0. The molecule has 5 nitrogen and oxygen atoms in total. The molecule has 0 atom stereocenters. The summed E-state index contributed by atoms with van der Waals surface area (Å²) in [5.74, 6) is 0.462. The summed E-state index contributed by atoms with van der Waals surface area (Å²) in [5, 5.41) is 11.3. The van der Waals surface area contributed by atoms with Gasteiger partial charge in [-0.2, -0.15) is 5.26 Å². The molecule has 0 saturated carbocycles. The number of anilines is 1. The molecule has 1 aromatic carbocycles. The molecule has 0 saturated heterocycles. The van der Waals surface area contributed by atoms with Gasteiger partial charge in [0.25, 0.3) is 0 Å². The molecule has 1 heterocycles. The van der Waals surface area contributed by atoms with Gasteiger partial charge in [-0.25, -0.2) is 0 Å². The van der Waals surface area contributed by atoms with Gasteiger partial charge in [0, 0.05) is 6.54 Å². The minimum Gasteiger partial charge on any atom is -0.397 e. The molecular weight excluding hydrogens is 250 g/mol. The number of hydrogen-bond acceptors (Lipinski definition) is 4. The van der Waals surface area contributed by atoms with Gasteiger partial charge >= 0.3 is 0 Å². The number of aromatic nitrogens is 1. The molecule has 1 aromatic heterocycles. The van der Waals surface area contributed by atoms with Crippen LogP contribution >= 0.6 is 0 Å². The van der Waals surface area contributed by atoms with Gasteiger partial charge in [-0.1, -0.05) is 30.3 Å². The number of aliphatic imine (C=N–C) groups is 1. The lowest BCUT2D eigenvalue weighted by molar-refractivity contribution is 0.956. The van der Waals surface area contributed by atoms with E-state index < -0.39 is 0 Å². The van der Waals surface area contributed by atoms with Crippen LogP contribution in [-0.2, 0) is 6.42 Å². The van der Waals surface area contributed by atoms with Crippen molar-refractivity contribution in [1.82, 2.24) is 10.3 Å². The number of nitrogens with one attached hydrogen (secondary N) is 1. The largest absolute Gasteiger partial charge is 0.397 e. The fraction of sp³-hybridized carbons (Fsp3) is 0.133. The number of pyridine rings is 1. The predicted octanol–water partition coefficient (Wildman–Crippen LogP) is 1.72. The van der Waals surface area contributed by atoms with Gasteiger partial charge in [-0.3, -0.25) is 15.3 Å². The molecule has 0 bridgehead atoms. The zero-order valence-corrected chi connectivity index (χ0v) is 11.0. The van der Waals surface area contributed by atoms with Crippen LogP contribution in [0.15, 0.2) is 53.7 Å². The third-order valence-electron chi connectivity index (χ3n) is 2.72. The molecule has 0 aliphatic heterocycles. The SMILES string of the molecule is N#CNC(=NCCc1ccccc1)c1ccc(N)cn1. The van der Waals surface area contributed by atoms with Gasteiger partial charge in [-0.15, -0.1) is 0 Å². The van der Waals surface area contributed by atoms with Crippen LogP contribution < -0.4 is 11.1 Å². The average molecular weight is 265 g/mol. The fourth-order valence-corrected chi connectivity index (χ4v) is 1.72. The van der Waals surface area contributed by atoms with E-state index in [1.165, 1.54) is 5.56 Å². The molecule has 100 valence electrons. The van der Waals surface area contributed by atoms with E-state index in [9.17, 15) is 0 Å². The van der Waals surface area contributed by atoms with E-state index >= 15 is 0 Å². The molecule has 0 spiro atoms. The summed E-state index contributed by atoms with van der Waals surface area (Å²) >= 11 is 0. The van der Waals surface area contributed by atoms with Crippen molar-refractivity contribution in [3.05, 3.63) is 59.9 Å². The van der Waals surface area contributed by atoms with Crippen molar-refractivity contribution in [1.29, 1.82) is 5.26 Å². The maximum atomic E-state index is 8.77. The van der Waals surface area contributed by atoms with Crippen LogP contribution in [0.5, 0.6) is 0 Å². The van der Waals surface area contributed by atoms with Crippen LogP contribution in [0.3, 0.4) is 0 Å². The first kappa shape index (κ1) is 13.6. The third-order valence-corrected chi connectivity index (χ3v) is 2.72. The van der Waals surface area contributed by atoms with Crippen molar-refractivity contribution in [3.8, 4) is 6.19 Å². The van der Waals surface area contributed by atoms with E-state index in [0.717, 1.165) is 6.42 Å². The smallest absolute Gasteiger partial charge is 0.182 e. The summed E-state index contributed by atoms with van der Waals surface area (Å²) in [6, 6.07) is 13.5. The van der Waals surface area contributed by atoms with Gasteiger partial charge in [0.1, 0.15) is 5.69 Å². The standard InChI is InChI=1S/C15H15N5/c16-11-20-15(14-7-6-13(17)10-19-14)18-9-8-12-4-2-1-3-5-12/h1-7,10H,8-9,17H2,(H,18,20). The molecule has 0 fully saturated rings. The molecule has 2 aromatic rings. The Bertz CT molecular complexity index is 611. The van der Waals surface area contributed by atoms with Crippen molar-refractivity contribution < 1.29 is 0 Å². The number of nitrogens with two attached hydrogens (primary N) is 1. The van der Waals surface area contributed by atoms with Crippen LogP contribution in [0.2, 0.25) is 0 Å². The van der Waals surface area contributed by atoms with Crippen LogP contribution in [0.4, 0.5) is 5.69 Å². The van der Waals surface area contributed by atoms with E-state index in [2.05, 4.69) is 15.3 Å². The third kappa shape index (κ3) is 3.82. The van der Waals surface area contributed by atoms with E-state index in [4.69, 9.17) is 11.0 Å². The highest BCUT2D eigenvalue weighted by molar-refractivity contribution is 5.98. The molecular formula is C15H15N5. The van der Waals surface area contributed by atoms with Gasteiger partial charge in [-0.05, 0) is 24.1 Å². The first-order valence-corrected chi connectivity index (χ1v) is 6.25. The number of amidine groups is 1. The van der Waals surface area contributed by atoms with Crippen molar-refractivity contribution in [2.75, 3.05) is 12.3 Å². The Morgan fingerprint density at radius 3 is 2.70 bits per heavy atom. The number of nitrogens with zero attached hydrogens (tertiary/aromatic N) is 3. The topological polar surface area (TPSA) is 87.1 Å². The van der Waals surface area contributed by atoms with Gasteiger partial charge in [0.2, 0.25) is 0 Å². The Morgan fingerprint density at radius 1 is 1.25 bits per heavy atom. The van der Waals surface area contributed by atoms with Crippen LogP contribution in [-0.4, -0.2) is 17.4 Å². The number of nitriles is 1. The Hall–Kier alpha value is -2.87. The first-order chi connectivity index (χ1) is 9.79. The maximum Gasteiger partial charge on any atom is 0.182 e. The molecule has 0 aliphatic carbocycles. The lowest BCUT2D eigenvalue weighted by Gasteiger charge is -2.04. The van der Waals surface area contributed by atoms with E-state index in [1.807, 2.05) is 36.5 Å². The Kier molecular flexibility index (Phi) is 4.68. The van der Waals surface area contributed by atoms with Crippen molar-refractivity contribution >= 4 is 11.5 Å². The van der Waals surface area contributed by atoms with Crippen LogP contribution in [0, 0.1) is 11.5 Å². The van der Waals surface area contributed by atoms with E-state index in [0.29, 0.717) is 23.8 Å². The van der Waals surface area contributed by atoms with Crippen molar-refractivity contribution in [3.63, 3.8) is 0 Å². The summed E-state index contributed by atoms with van der Waals surface area (Å²) in [6.07, 6.45) is 4.23. The Balaban J connectivity index is 2.06. The molecule has 5 heteroatoms. The number of hydrogen-bond donors (Lipinski definition) is 2. The molecule has 20 heavy (non-hydrogen) atoms. The molecule has 2 rings (SSSR count). The minimum atomic E-state index is 0.462. The number of rotatable bonds is 4. The summed E-state index contributed by atoms with van der Waals surface area (Å²) < 4.78 is 0. The van der Waals surface area contributed by atoms with Crippen molar-refractivity contribution in [2.45, 2.75) is 6.42 Å². The normalized spacial score (nSPS) is 10.8. The van der Waals surface area contributed by atoms with Gasteiger partial charge in [0.05, 0.1) is 11.9 Å². The Morgan fingerprint density at radius 2 is 2.05 bits per heavy atom. The zero-order chi connectivity index (χ0) is 14.2. The lowest BCUT2D eigenvalue weighted by atomic mass is 10.1. The van der Waals surface area contributed by atoms with Gasteiger partial charge in [0.15, 0.2) is 12.0 Å². The summed E-state index contributed by atoms with van der Waals surface area (Å²) in [6.45, 7) is 0.583. The summed E-state index contributed by atoms with van der Waals surface area (Å²) in [5.41, 5.74) is 7.98. The van der Waals surface area contributed by atoms with Crippen LogP contribution in [0.1, 0.15) is 11.3 Å². The average Bonchev–Trinajstić information content (AvgIpc) is 2.48. The number of benzene rings is 1. The lowest BCUT2D eigenvalue weighted by Crippen LogP contribution is -2.21. The second-order valence-corrected chi connectivity index (χ2v) is 4.18. The molecule has 0 unspecified atom stereocenters. The monoisotopic (exact) mass is 265 g/mol. The van der Waals surface area contributed by atoms with Crippen molar-refractivity contribution in [2.24, 2.45) is 4.99 Å². The molecule has 3 N–H and O–H groups in total. The van der Waals surface area contributed by atoms with E-state index in [-0.39, 0.29) is 0 Å². The highest BCUT2D eigenvalue weighted by Crippen LogP contribution is 2.03. The molecule has 0 amide bonds. The highest BCUT2D eigenvalue weighted by Gasteiger charge is 2.03. The van der Waals surface area contributed by atoms with Crippen LogP contribution in [0.25, 0.3) is 0 Å². The summed E-state index contributed by atoms with van der Waals surface area (Å²) in [4.78, 5) is 8.54. The predicted molar refractivity (Wildman–Crippen MR) is 78.9 cm³/mol. The zero-order valence-electron chi connectivity index (χ0n) is 11.0. The quantitative estimate of drug-likeness (QED) is 0.381. The molecule has 0 radical (unpaired) electrons. The second kappa shape index (κ2) is 6.90. The van der Waals surface area contributed by atoms with Gasteiger partial charge < -0.3 is 5.73 Å². The Labute approximate surface area is 117 Å². The summed E-state index contributed by atoms with van der Waals surface area (Å²) in [7, 11) is 0. The fourth-order valence-electron chi connectivity index (χ4n) is 1.72. The first-order valence-electron chi connectivity index (χ1n) is 6.25.